The van der Waals surface area contributed by atoms with Crippen molar-refractivity contribution >= 4 is 5.91 Å². The summed E-state index contributed by atoms with van der Waals surface area (Å²) in [6.45, 7) is 4.15. The molecule has 2 fully saturated rings. The number of likely N-dealkylation sites (tertiary alicyclic amines) is 1. The molecule has 0 radical (unpaired) electrons. The van der Waals surface area contributed by atoms with E-state index in [1.807, 2.05) is 11.0 Å². The Bertz CT molecular complexity index is 537. The van der Waals surface area contributed by atoms with Gasteiger partial charge in [0, 0.05) is 26.3 Å². The van der Waals surface area contributed by atoms with Crippen LogP contribution in [0.25, 0.3) is 0 Å². The summed E-state index contributed by atoms with van der Waals surface area (Å²) >= 11 is 0. The van der Waals surface area contributed by atoms with E-state index in [1.54, 1.807) is 6.07 Å². The molecule has 0 bridgehead atoms. The Morgan fingerprint density at radius 1 is 1.29 bits per heavy atom. The van der Waals surface area contributed by atoms with Crippen molar-refractivity contribution in [1.82, 2.24) is 4.90 Å². The molecule has 2 aliphatic rings. The fraction of sp³-hybridized carbons (Fsp3) is 0.632. The third kappa shape index (κ3) is 4.77. The maximum atomic E-state index is 13.1. The largest absolute Gasteiger partial charge is 0.381 e. The molecule has 0 aliphatic carbocycles. The van der Waals surface area contributed by atoms with Crippen LogP contribution in [0.15, 0.2) is 24.3 Å². The summed E-state index contributed by atoms with van der Waals surface area (Å²) in [6.07, 6.45) is 3.96. The summed E-state index contributed by atoms with van der Waals surface area (Å²) in [5.74, 6) is 0.742. The van der Waals surface area contributed by atoms with Crippen molar-refractivity contribution in [2.45, 2.75) is 32.3 Å². The number of hydrogen-bond donors (Lipinski definition) is 0. The number of rotatable bonds is 6. The average Bonchev–Trinajstić information content (AvgIpc) is 3.13. The van der Waals surface area contributed by atoms with Crippen molar-refractivity contribution in [2.75, 3.05) is 32.9 Å². The zero-order valence-electron chi connectivity index (χ0n) is 14.1. The fourth-order valence-corrected chi connectivity index (χ4v) is 3.50. The van der Waals surface area contributed by atoms with Gasteiger partial charge in [-0.1, -0.05) is 12.1 Å². The van der Waals surface area contributed by atoms with Gasteiger partial charge in [0.1, 0.15) is 5.82 Å². The van der Waals surface area contributed by atoms with Crippen molar-refractivity contribution in [3.63, 3.8) is 0 Å². The van der Waals surface area contributed by atoms with Crippen molar-refractivity contribution in [1.29, 1.82) is 0 Å². The van der Waals surface area contributed by atoms with Crippen LogP contribution in [-0.4, -0.2) is 43.7 Å². The molecular weight excluding hydrogens is 309 g/mol. The predicted molar refractivity (Wildman–Crippen MR) is 88.9 cm³/mol. The summed E-state index contributed by atoms with van der Waals surface area (Å²) in [5.41, 5.74) is 0.870. The van der Waals surface area contributed by atoms with Crippen LogP contribution < -0.4 is 0 Å². The number of halogens is 1. The van der Waals surface area contributed by atoms with E-state index in [0.29, 0.717) is 25.7 Å². The van der Waals surface area contributed by atoms with Crippen LogP contribution >= 0.6 is 0 Å². The molecule has 24 heavy (non-hydrogen) atoms. The van der Waals surface area contributed by atoms with E-state index < -0.39 is 0 Å². The van der Waals surface area contributed by atoms with Crippen molar-refractivity contribution in [3.8, 4) is 0 Å². The molecule has 4 nitrogen and oxygen atoms in total. The van der Waals surface area contributed by atoms with E-state index in [-0.39, 0.29) is 17.6 Å². The number of nitrogens with zero attached hydrogens (tertiary/aromatic N) is 1. The number of carbonyl (C=O) groups is 1. The highest BCUT2D eigenvalue weighted by molar-refractivity contribution is 5.79. The molecule has 3 rings (SSSR count). The summed E-state index contributed by atoms with van der Waals surface area (Å²) < 4.78 is 24.1. The second kappa shape index (κ2) is 8.58. The molecule has 1 atom stereocenters. The molecule has 0 saturated carbocycles. The average molecular weight is 335 g/mol. The Labute approximate surface area is 142 Å². The van der Waals surface area contributed by atoms with E-state index in [0.717, 1.165) is 50.9 Å². The first-order valence-corrected chi connectivity index (χ1v) is 8.91. The molecule has 5 heteroatoms. The molecular formula is C19H26FNO3. The molecule has 0 aromatic heterocycles. The Morgan fingerprint density at radius 2 is 2.12 bits per heavy atom. The third-order valence-electron chi connectivity index (χ3n) is 5.03. The quantitative estimate of drug-likeness (QED) is 0.750. The van der Waals surface area contributed by atoms with Gasteiger partial charge in [-0.05, 0) is 49.3 Å². The molecule has 132 valence electrons. The lowest BCUT2D eigenvalue weighted by atomic mass is 9.93. The lowest BCUT2D eigenvalue weighted by molar-refractivity contribution is -0.137. The van der Waals surface area contributed by atoms with E-state index in [4.69, 9.17) is 9.47 Å². The summed E-state index contributed by atoms with van der Waals surface area (Å²) in [6, 6.07) is 6.53. The smallest absolute Gasteiger partial charge is 0.228 e. The monoisotopic (exact) mass is 335 g/mol. The van der Waals surface area contributed by atoms with Crippen LogP contribution in [0, 0.1) is 17.7 Å². The van der Waals surface area contributed by atoms with Crippen molar-refractivity contribution in [3.05, 3.63) is 35.6 Å². The Balaban J connectivity index is 1.31. The molecule has 0 spiro atoms. The van der Waals surface area contributed by atoms with Gasteiger partial charge in [0.15, 0.2) is 0 Å². The van der Waals surface area contributed by atoms with E-state index in [1.165, 1.54) is 12.1 Å². The predicted octanol–water partition coefficient (Wildman–Crippen LogP) is 3.01. The minimum Gasteiger partial charge on any atom is -0.381 e. The van der Waals surface area contributed by atoms with Gasteiger partial charge in [-0.3, -0.25) is 4.79 Å². The standard InChI is InChI=1S/C19H26FNO3/c20-18-3-1-2-16(12-18)13-23-10-6-15-4-8-21(9-5-15)19(22)17-7-11-24-14-17/h1-3,12,15,17H,4-11,13-14H2. The van der Waals surface area contributed by atoms with E-state index in [2.05, 4.69) is 0 Å². The van der Waals surface area contributed by atoms with Crippen LogP contribution in [-0.2, 0) is 20.9 Å². The second-order valence-corrected chi connectivity index (χ2v) is 6.80. The highest BCUT2D eigenvalue weighted by Gasteiger charge is 2.30. The van der Waals surface area contributed by atoms with Gasteiger partial charge >= 0.3 is 0 Å². The van der Waals surface area contributed by atoms with Gasteiger partial charge in [-0.15, -0.1) is 0 Å². The molecule has 2 aliphatic heterocycles. The highest BCUT2D eigenvalue weighted by atomic mass is 19.1. The van der Waals surface area contributed by atoms with Gasteiger partial charge in [0.2, 0.25) is 5.91 Å². The summed E-state index contributed by atoms with van der Waals surface area (Å²) in [5, 5.41) is 0. The molecule has 2 heterocycles. The van der Waals surface area contributed by atoms with Crippen LogP contribution in [0.5, 0.6) is 0 Å². The van der Waals surface area contributed by atoms with Crippen LogP contribution in [0.4, 0.5) is 4.39 Å². The van der Waals surface area contributed by atoms with Gasteiger partial charge < -0.3 is 14.4 Å². The number of amides is 1. The molecule has 0 N–H and O–H groups in total. The SMILES string of the molecule is O=C(C1CCOC1)N1CCC(CCOCc2cccc(F)c2)CC1. The Kier molecular flexibility index (Phi) is 6.21. The van der Waals surface area contributed by atoms with Crippen molar-refractivity contribution < 1.29 is 18.7 Å². The Morgan fingerprint density at radius 3 is 2.83 bits per heavy atom. The number of hydrogen-bond acceptors (Lipinski definition) is 3. The van der Waals surface area contributed by atoms with E-state index >= 15 is 0 Å². The van der Waals surface area contributed by atoms with Gasteiger partial charge in [0.25, 0.3) is 0 Å². The summed E-state index contributed by atoms with van der Waals surface area (Å²) in [7, 11) is 0. The number of carbonyl (C=O) groups excluding carboxylic acids is 1. The normalized spacial score (nSPS) is 22.0. The van der Waals surface area contributed by atoms with Crippen LogP contribution in [0.1, 0.15) is 31.2 Å². The fourth-order valence-electron chi connectivity index (χ4n) is 3.50. The minimum absolute atomic E-state index is 0.0798. The van der Waals surface area contributed by atoms with Crippen molar-refractivity contribution in [2.24, 2.45) is 11.8 Å². The zero-order chi connectivity index (χ0) is 16.8. The summed E-state index contributed by atoms with van der Waals surface area (Å²) in [4.78, 5) is 14.3. The lowest BCUT2D eigenvalue weighted by Gasteiger charge is -2.33. The van der Waals surface area contributed by atoms with Crippen LogP contribution in [0.3, 0.4) is 0 Å². The molecule has 1 aromatic carbocycles. The molecule has 1 unspecified atom stereocenters. The first-order valence-electron chi connectivity index (χ1n) is 8.91. The number of ether oxygens (including phenoxy) is 2. The first-order chi connectivity index (χ1) is 11.7. The Hall–Kier alpha value is -1.46. The van der Waals surface area contributed by atoms with E-state index in [9.17, 15) is 9.18 Å². The maximum Gasteiger partial charge on any atom is 0.228 e. The first kappa shape index (κ1) is 17.4. The van der Waals surface area contributed by atoms with Gasteiger partial charge in [-0.2, -0.15) is 0 Å². The lowest BCUT2D eigenvalue weighted by Crippen LogP contribution is -2.42. The minimum atomic E-state index is -0.221. The van der Waals surface area contributed by atoms with Gasteiger partial charge in [-0.25, -0.2) is 4.39 Å². The number of piperidine rings is 1. The third-order valence-corrected chi connectivity index (χ3v) is 5.03. The van der Waals surface area contributed by atoms with Crippen LogP contribution in [0.2, 0.25) is 0 Å². The maximum absolute atomic E-state index is 13.1. The highest BCUT2D eigenvalue weighted by Crippen LogP contribution is 2.24. The molecule has 2 saturated heterocycles. The molecule has 1 amide bonds. The molecule has 1 aromatic rings. The zero-order valence-corrected chi connectivity index (χ0v) is 14.1. The number of benzene rings is 1. The van der Waals surface area contributed by atoms with Gasteiger partial charge in [0.05, 0.1) is 19.1 Å². The second-order valence-electron chi connectivity index (χ2n) is 6.80. The topological polar surface area (TPSA) is 38.8 Å².